The van der Waals surface area contributed by atoms with Crippen molar-refractivity contribution in [1.82, 2.24) is 4.98 Å². The van der Waals surface area contributed by atoms with Gasteiger partial charge in [0.2, 0.25) is 11.6 Å². The van der Waals surface area contributed by atoms with Crippen LogP contribution in [0, 0.1) is 29.3 Å². The molecule has 0 N–H and O–H groups in total. The molecule has 1 heterocycles. The first-order chi connectivity index (χ1) is 8.91. The van der Waals surface area contributed by atoms with E-state index in [1.165, 1.54) is 12.1 Å². The fourth-order valence-electron chi connectivity index (χ4n) is 1.58. The predicted octanol–water partition coefficient (Wildman–Crippen LogP) is 3.55. The van der Waals surface area contributed by atoms with Crippen LogP contribution < -0.4 is 4.90 Å². The summed E-state index contributed by atoms with van der Waals surface area (Å²) in [6.45, 7) is 0. The van der Waals surface area contributed by atoms with E-state index in [1.807, 2.05) is 0 Å². The highest BCUT2D eigenvalue weighted by Gasteiger charge is 2.24. The molecule has 2 nitrogen and oxygen atoms in total. The molecule has 7 heteroatoms. The minimum Gasteiger partial charge on any atom is -0.339 e. The van der Waals surface area contributed by atoms with E-state index in [9.17, 15) is 22.0 Å². The molecular formula is C12H7F5N2. The third kappa shape index (κ3) is 2.35. The van der Waals surface area contributed by atoms with Gasteiger partial charge in [0, 0.05) is 12.7 Å². The van der Waals surface area contributed by atoms with Gasteiger partial charge in [0.15, 0.2) is 0 Å². The Morgan fingerprint density at radius 2 is 1.53 bits per heavy atom. The topological polar surface area (TPSA) is 16.1 Å². The second-order valence-electron chi connectivity index (χ2n) is 3.71. The number of aromatic nitrogens is 1. The van der Waals surface area contributed by atoms with Gasteiger partial charge in [-0.2, -0.15) is 22.5 Å². The lowest BCUT2D eigenvalue weighted by Crippen LogP contribution is -2.16. The van der Waals surface area contributed by atoms with Crippen molar-refractivity contribution in [3.8, 4) is 0 Å². The van der Waals surface area contributed by atoms with E-state index >= 15 is 0 Å². The van der Waals surface area contributed by atoms with Crippen LogP contribution in [0.25, 0.3) is 0 Å². The molecule has 2 rings (SSSR count). The quantitative estimate of drug-likeness (QED) is 0.615. The van der Waals surface area contributed by atoms with Gasteiger partial charge in [0.25, 0.3) is 11.9 Å². The molecule has 19 heavy (non-hydrogen) atoms. The molecular weight excluding hydrogens is 267 g/mol. The third-order valence-corrected chi connectivity index (χ3v) is 2.51. The van der Waals surface area contributed by atoms with E-state index in [0.717, 1.165) is 24.1 Å². The van der Waals surface area contributed by atoms with E-state index in [2.05, 4.69) is 4.98 Å². The van der Waals surface area contributed by atoms with Crippen LogP contribution in [0.5, 0.6) is 0 Å². The molecule has 0 aliphatic carbocycles. The van der Waals surface area contributed by atoms with Crippen molar-refractivity contribution < 1.29 is 22.0 Å². The van der Waals surface area contributed by atoms with E-state index in [4.69, 9.17) is 0 Å². The maximum Gasteiger partial charge on any atom is 0.253 e. The molecule has 0 saturated heterocycles. The summed E-state index contributed by atoms with van der Waals surface area (Å²) in [5.41, 5.74) is -0.946. The summed E-state index contributed by atoms with van der Waals surface area (Å²) in [6, 6.07) is 4.72. The van der Waals surface area contributed by atoms with Crippen LogP contribution in [0.3, 0.4) is 0 Å². The van der Waals surface area contributed by atoms with Gasteiger partial charge in [-0.3, -0.25) is 0 Å². The van der Waals surface area contributed by atoms with E-state index < -0.39 is 35.0 Å². The predicted molar refractivity (Wildman–Crippen MR) is 58.5 cm³/mol. The summed E-state index contributed by atoms with van der Waals surface area (Å²) in [5, 5.41) is 0. The lowest BCUT2D eigenvalue weighted by molar-refractivity contribution is 0.409. The largest absolute Gasteiger partial charge is 0.339 e. The van der Waals surface area contributed by atoms with Crippen LogP contribution >= 0.6 is 0 Å². The number of benzene rings is 1. The number of hydrogen-bond acceptors (Lipinski definition) is 2. The number of anilines is 2. The van der Waals surface area contributed by atoms with Gasteiger partial charge < -0.3 is 4.90 Å². The zero-order chi connectivity index (χ0) is 14.2. The molecule has 0 atom stereocenters. The fraction of sp³-hybridized carbons (Fsp3) is 0.0833. The number of pyridine rings is 1. The van der Waals surface area contributed by atoms with Crippen LogP contribution in [0.2, 0.25) is 0 Å². The van der Waals surface area contributed by atoms with Crippen LogP contribution in [0.4, 0.5) is 33.3 Å². The van der Waals surface area contributed by atoms with Gasteiger partial charge in [-0.15, -0.1) is 0 Å². The van der Waals surface area contributed by atoms with Crippen LogP contribution in [0.1, 0.15) is 0 Å². The number of nitrogens with zero attached hydrogens (tertiary/aromatic N) is 2. The number of hydrogen-bond donors (Lipinski definition) is 0. The van der Waals surface area contributed by atoms with E-state index in [1.54, 1.807) is 0 Å². The molecule has 0 radical (unpaired) electrons. The molecule has 0 spiro atoms. The average molecular weight is 274 g/mol. The van der Waals surface area contributed by atoms with Gasteiger partial charge in [-0.05, 0) is 18.2 Å². The van der Waals surface area contributed by atoms with Crippen molar-refractivity contribution in [2.75, 3.05) is 11.9 Å². The standard InChI is InChI=1S/C12H7F5N2/c1-19(7-4-2-3-6(13)5-7)10-8(14)11(16)18-12(17)9(10)15/h2-5H,1H3. The Morgan fingerprint density at radius 1 is 0.947 bits per heavy atom. The molecule has 0 unspecified atom stereocenters. The van der Waals surface area contributed by atoms with Crippen molar-refractivity contribution in [2.24, 2.45) is 0 Å². The van der Waals surface area contributed by atoms with E-state index in [-0.39, 0.29) is 5.69 Å². The summed E-state index contributed by atoms with van der Waals surface area (Å²) >= 11 is 0. The minimum absolute atomic E-state index is 0.0304. The molecule has 0 bridgehead atoms. The first-order valence-corrected chi connectivity index (χ1v) is 5.11. The molecule has 100 valence electrons. The molecule has 1 aromatic carbocycles. The minimum atomic E-state index is -1.77. The summed E-state index contributed by atoms with van der Waals surface area (Å²) in [5.74, 6) is -7.48. The second kappa shape index (κ2) is 4.83. The highest BCUT2D eigenvalue weighted by molar-refractivity contribution is 5.63. The third-order valence-electron chi connectivity index (χ3n) is 2.51. The Labute approximate surface area is 105 Å². The fourth-order valence-corrected chi connectivity index (χ4v) is 1.58. The normalized spacial score (nSPS) is 10.6. The maximum atomic E-state index is 13.5. The molecule has 0 saturated carbocycles. The zero-order valence-corrected chi connectivity index (χ0v) is 9.59. The van der Waals surface area contributed by atoms with Crippen molar-refractivity contribution in [2.45, 2.75) is 0 Å². The highest BCUT2D eigenvalue weighted by atomic mass is 19.2. The van der Waals surface area contributed by atoms with Crippen LogP contribution in [-0.2, 0) is 0 Å². The lowest BCUT2D eigenvalue weighted by atomic mass is 10.2. The van der Waals surface area contributed by atoms with Gasteiger partial charge in [0.05, 0.1) is 0 Å². The Morgan fingerprint density at radius 3 is 2.05 bits per heavy atom. The van der Waals surface area contributed by atoms with Crippen molar-refractivity contribution in [1.29, 1.82) is 0 Å². The molecule has 0 amide bonds. The van der Waals surface area contributed by atoms with Crippen molar-refractivity contribution in [3.63, 3.8) is 0 Å². The first kappa shape index (κ1) is 13.3. The number of halogens is 5. The van der Waals surface area contributed by atoms with Gasteiger partial charge in [-0.1, -0.05) is 6.07 Å². The van der Waals surface area contributed by atoms with Gasteiger partial charge in [0.1, 0.15) is 11.5 Å². The Hall–Kier alpha value is -2.18. The smallest absolute Gasteiger partial charge is 0.253 e. The van der Waals surface area contributed by atoms with Gasteiger partial charge >= 0.3 is 0 Å². The summed E-state index contributed by atoms with van der Waals surface area (Å²) in [7, 11) is 1.15. The Kier molecular flexibility index (Phi) is 3.37. The molecule has 1 aromatic heterocycles. The molecule has 0 aliphatic rings. The maximum absolute atomic E-state index is 13.5. The van der Waals surface area contributed by atoms with Crippen molar-refractivity contribution in [3.05, 3.63) is 53.6 Å². The molecule has 0 aliphatic heterocycles. The van der Waals surface area contributed by atoms with Crippen LogP contribution in [-0.4, -0.2) is 12.0 Å². The first-order valence-electron chi connectivity index (χ1n) is 5.11. The SMILES string of the molecule is CN(c1cccc(F)c1)c1c(F)c(F)nc(F)c1F. The van der Waals surface area contributed by atoms with Crippen LogP contribution in [0.15, 0.2) is 24.3 Å². The lowest BCUT2D eigenvalue weighted by Gasteiger charge is -2.20. The highest BCUT2D eigenvalue weighted by Crippen LogP contribution is 2.30. The summed E-state index contributed by atoms with van der Waals surface area (Å²) < 4.78 is 66.0. The molecule has 0 fully saturated rings. The second-order valence-corrected chi connectivity index (χ2v) is 3.71. The Bertz CT molecular complexity index is 604. The summed E-state index contributed by atoms with van der Waals surface area (Å²) in [6.07, 6.45) is 0. The van der Waals surface area contributed by atoms with Crippen molar-refractivity contribution >= 4 is 11.4 Å². The average Bonchev–Trinajstić information content (AvgIpc) is 2.36. The van der Waals surface area contributed by atoms with Gasteiger partial charge in [-0.25, -0.2) is 4.39 Å². The zero-order valence-electron chi connectivity index (χ0n) is 9.59. The monoisotopic (exact) mass is 274 g/mol. The van der Waals surface area contributed by atoms with E-state index in [0.29, 0.717) is 0 Å². The summed E-state index contributed by atoms with van der Waals surface area (Å²) in [4.78, 5) is 3.24. The Balaban J connectivity index is 2.59. The number of rotatable bonds is 2. The molecule has 2 aromatic rings.